The normalized spacial score (nSPS) is 18.5. The summed E-state index contributed by atoms with van der Waals surface area (Å²) in [7, 11) is 2.15. The number of fused-ring (bicyclic) bond motifs is 1. The van der Waals surface area contributed by atoms with Gasteiger partial charge in [-0.2, -0.15) is 5.10 Å². The third kappa shape index (κ3) is 3.90. The van der Waals surface area contributed by atoms with E-state index in [4.69, 9.17) is 10.7 Å². The van der Waals surface area contributed by atoms with Crippen molar-refractivity contribution in [3.8, 4) is 11.1 Å². The second kappa shape index (κ2) is 8.30. The summed E-state index contributed by atoms with van der Waals surface area (Å²) in [6.45, 7) is 4.11. The van der Waals surface area contributed by atoms with E-state index >= 15 is 0 Å². The van der Waals surface area contributed by atoms with Gasteiger partial charge in [0.2, 0.25) is 0 Å². The molecule has 0 spiro atoms. The average Bonchev–Trinajstić information content (AvgIpc) is 3.20. The number of likely N-dealkylation sites (N-methyl/N-ethyl adjacent to an activating group) is 1. The lowest BCUT2D eigenvalue weighted by molar-refractivity contribution is 0.0995. The zero-order valence-corrected chi connectivity index (χ0v) is 18.1. The molecule has 3 aromatic rings. The van der Waals surface area contributed by atoms with Gasteiger partial charge in [0.15, 0.2) is 5.69 Å². The zero-order valence-electron chi connectivity index (χ0n) is 18.1. The van der Waals surface area contributed by atoms with Crippen molar-refractivity contribution in [2.45, 2.75) is 38.1 Å². The van der Waals surface area contributed by atoms with Crippen LogP contribution in [0, 0.1) is 0 Å². The van der Waals surface area contributed by atoms with Crippen molar-refractivity contribution < 1.29 is 4.79 Å². The molecule has 1 saturated heterocycles. The van der Waals surface area contributed by atoms with Crippen LogP contribution in [0.4, 0.5) is 5.82 Å². The zero-order chi connectivity index (χ0) is 21.4. The molecule has 0 bridgehead atoms. The van der Waals surface area contributed by atoms with Gasteiger partial charge in [0, 0.05) is 43.3 Å². The number of carbonyl (C=O) groups excluding carboxylic acids is 1. The number of primary amides is 1. The topological polar surface area (TPSA) is 80.3 Å². The van der Waals surface area contributed by atoms with Gasteiger partial charge in [-0.1, -0.05) is 25.3 Å². The lowest BCUT2D eigenvalue weighted by Crippen LogP contribution is -2.44. The molecule has 2 N–H and O–H groups in total. The number of aromatic nitrogens is 3. The molecule has 2 aliphatic rings. The molecule has 1 saturated carbocycles. The monoisotopic (exact) mass is 418 g/mol. The number of benzene rings is 1. The van der Waals surface area contributed by atoms with Gasteiger partial charge in [0.1, 0.15) is 5.82 Å². The molecular formula is C24H30N6O. The van der Waals surface area contributed by atoms with Crippen molar-refractivity contribution in [2.24, 2.45) is 5.73 Å². The van der Waals surface area contributed by atoms with Crippen LogP contribution >= 0.6 is 0 Å². The van der Waals surface area contributed by atoms with Crippen molar-refractivity contribution in [1.82, 2.24) is 19.7 Å². The summed E-state index contributed by atoms with van der Waals surface area (Å²) in [6, 6.07) is 10.8. The van der Waals surface area contributed by atoms with Crippen LogP contribution in [0.15, 0.2) is 36.5 Å². The molecule has 31 heavy (non-hydrogen) atoms. The van der Waals surface area contributed by atoms with E-state index < -0.39 is 5.91 Å². The number of nitrogens with zero attached hydrogens (tertiary/aromatic N) is 5. The maximum Gasteiger partial charge on any atom is 0.269 e. The molecular weight excluding hydrogens is 388 g/mol. The maximum atomic E-state index is 12.1. The number of carbonyl (C=O) groups is 1. The quantitative estimate of drug-likeness (QED) is 0.702. The molecule has 2 fully saturated rings. The third-order valence-corrected chi connectivity index (χ3v) is 6.77. The molecule has 162 valence electrons. The van der Waals surface area contributed by atoms with Crippen molar-refractivity contribution >= 4 is 22.6 Å². The first-order chi connectivity index (χ1) is 15.1. The van der Waals surface area contributed by atoms with Crippen LogP contribution in [0.3, 0.4) is 0 Å². The number of pyridine rings is 1. The predicted molar refractivity (Wildman–Crippen MR) is 123 cm³/mol. The summed E-state index contributed by atoms with van der Waals surface area (Å²) < 4.78 is 2.03. The van der Waals surface area contributed by atoms with Crippen LogP contribution in [0.2, 0.25) is 0 Å². The molecule has 0 unspecified atom stereocenters. The van der Waals surface area contributed by atoms with Crippen LogP contribution < -0.4 is 10.6 Å². The number of piperazine rings is 1. The highest BCUT2D eigenvalue weighted by Gasteiger charge is 2.23. The molecule has 3 heterocycles. The highest BCUT2D eigenvalue weighted by Crippen LogP contribution is 2.33. The van der Waals surface area contributed by atoms with Crippen molar-refractivity contribution in [3.05, 3.63) is 42.2 Å². The molecule has 0 atom stereocenters. The molecule has 1 amide bonds. The van der Waals surface area contributed by atoms with E-state index in [9.17, 15) is 4.79 Å². The van der Waals surface area contributed by atoms with E-state index in [0.29, 0.717) is 11.7 Å². The Morgan fingerprint density at radius 1 is 1.00 bits per heavy atom. The molecule has 1 aliphatic heterocycles. The Morgan fingerprint density at radius 2 is 1.74 bits per heavy atom. The Morgan fingerprint density at radius 3 is 2.42 bits per heavy atom. The van der Waals surface area contributed by atoms with E-state index in [0.717, 1.165) is 66.9 Å². The van der Waals surface area contributed by atoms with Crippen LogP contribution in [0.5, 0.6) is 0 Å². The van der Waals surface area contributed by atoms with Crippen LogP contribution in [-0.2, 0) is 0 Å². The maximum absolute atomic E-state index is 12.1. The fourth-order valence-corrected chi connectivity index (χ4v) is 4.89. The fourth-order valence-electron chi connectivity index (χ4n) is 4.89. The van der Waals surface area contributed by atoms with Gasteiger partial charge in [-0.3, -0.25) is 9.48 Å². The standard InChI is InChI=1S/C24H30N6O/c1-28-11-13-29(14-12-28)22-10-8-18(16-26-22)17-7-9-21-20(15-17)23(24(25)31)27-30(21)19-5-3-2-4-6-19/h7-10,15-16,19H,2-6,11-14H2,1H3,(H2,25,31). The molecule has 1 aliphatic carbocycles. The lowest BCUT2D eigenvalue weighted by atomic mass is 9.95. The SMILES string of the molecule is CN1CCN(c2ccc(-c3ccc4c(c3)c(C(N)=O)nn4C3CCCCC3)cn2)CC1. The molecule has 2 aromatic heterocycles. The number of anilines is 1. The van der Waals surface area contributed by atoms with E-state index in [2.05, 4.69) is 46.2 Å². The minimum Gasteiger partial charge on any atom is -0.364 e. The Balaban J connectivity index is 1.46. The molecule has 7 heteroatoms. The number of hydrogen-bond donors (Lipinski definition) is 1. The summed E-state index contributed by atoms with van der Waals surface area (Å²) in [6.07, 6.45) is 7.83. The lowest BCUT2D eigenvalue weighted by Gasteiger charge is -2.33. The second-order valence-electron chi connectivity index (χ2n) is 8.88. The van der Waals surface area contributed by atoms with Crippen LogP contribution in [-0.4, -0.2) is 58.8 Å². The Kier molecular flexibility index (Phi) is 5.36. The predicted octanol–water partition coefficient (Wildman–Crippen LogP) is 3.45. The van der Waals surface area contributed by atoms with Crippen LogP contribution in [0.25, 0.3) is 22.0 Å². The van der Waals surface area contributed by atoms with Gasteiger partial charge in [-0.05, 0) is 49.7 Å². The van der Waals surface area contributed by atoms with Crippen molar-refractivity contribution in [2.75, 3.05) is 38.1 Å². The van der Waals surface area contributed by atoms with Crippen LogP contribution in [0.1, 0.15) is 48.6 Å². The highest BCUT2D eigenvalue weighted by molar-refractivity contribution is 6.05. The van der Waals surface area contributed by atoms with Gasteiger partial charge in [-0.15, -0.1) is 0 Å². The number of nitrogens with two attached hydrogens (primary N) is 1. The van der Waals surface area contributed by atoms with Gasteiger partial charge in [0.05, 0.1) is 11.6 Å². The Bertz CT molecular complexity index is 1080. The van der Waals surface area contributed by atoms with Crippen molar-refractivity contribution in [1.29, 1.82) is 0 Å². The van der Waals surface area contributed by atoms with Gasteiger partial charge < -0.3 is 15.5 Å². The first kappa shape index (κ1) is 20.0. The highest BCUT2D eigenvalue weighted by atomic mass is 16.1. The minimum absolute atomic E-state index is 0.347. The summed E-state index contributed by atoms with van der Waals surface area (Å²) in [5.74, 6) is 0.543. The minimum atomic E-state index is -0.472. The summed E-state index contributed by atoms with van der Waals surface area (Å²) >= 11 is 0. The number of rotatable bonds is 4. The summed E-state index contributed by atoms with van der Waals surface area (Å²) in [4.78, 5) is 21.5. The first-order valence-electron chi connectivity index (χ1n) is 11.3. The van der Waals surface area contributed by atoms with Gasteiger partial charge >= 0.3 is 0 Å². The second-order valence-corrected chi connectivity index (χ2v) is 8.88. The average molecular weight is 419 g/mol. The van der Waals surface area contributed by atoms with E-state index in [-0.39, 0.29) is 0 Å². The summed E-state index contributed by atoms with van der Waals surface area (Å²) in [5, 5.41) is 5.48. The molecule has 0 radical (unpaired) electrons. The first-order valence-corrected chi connectivity index (χ1v) is 11.3. The largest absolute Gasteiger partial charge is 0.364 e. The summed E-state index contributed by atoms with van der Waals surface area (Å²) in [5.41, 5.74) is 9.10. The smallest absolute Gasteiger partial charge is 0.269 e. The number of hydrogen-bond acceptors (Lipinski definition) is 5. The molecule has 7 nitrogen and oxygen atoms in total. The molecule has 1 aromatic carbocycles. The Hall–Kier alpha value is -2.93. The van der Waals surface area contributed by atoms with E-state index in [1.54, 1.807) is 0 Å². The van der Waals surface area contributed by atoms with E-state index in [1.807, 2.05) is 16.9 Å². The third-order valence-electron chi connectivity index (χ3n) is 6.77. The van der Waals surface area contributed by atoms with Gasteiger partial charge in [0.25, 0.3) is 5.91 Å². The van der Waals surface area contributed by atoms with Gasteiger partial charge in [-0.25, -0.2) is 4.98 Å². The van der Waals surface area contributed by atoms with E-state index in [1.165, 1.54) is 19.3 Å². The number of amides is 1. The van der Waals surface area contributed by atoms with Crippen molar-refractivity contribution in [3.63, 3.8) is 0 Å². The fraction of sp³-hybridized carbons (Fsp3) is 0.458. The molecule has 5 rings (SSSR count). The Labute approximate surface area is 182 Å².